The summed E-state index contributed by atoms with van der Waals surface area (Å²) in [6, 6.07) is 11.7. The number of amides is 1. The number of hydrogen-bond acceptors (Lipinski definition) is 8. The number of rotatable bonds is 7. The van der Waals surface area contributed by atoms with E-state index in [1.807, 2.05) is 6.07 Å². The standard InChI is InChI=1S/C23H17N5O6S/c1-2-26-35(32,33)20-10-17-19(9-15(20)14-4-3-7-25-12-14)34-28-21(17)22(29)27-18-6-5-13(11-24)8-16(18)23(30)31/h3-10,12,26H,2H2,1H3,(H,27,29)(H,30,31). The first-order chi connectivity index (χ1) is 16.7. The number of pyridine rings is 1. The first-order valence-corrected chi connectivity index (χ1v) is 11.7. The molecule has 35 heavy (non-hydrogen) atoms. The fourth-order valence-corrected chi connectivity index (χ4v) is 4.72. The Bertz CT molecular complexity index is 1610. The molecule has 1 amide bonds. The number of carbonyl (C=O) groups is 2. The molecule has 0 bridgehead atoms. The van der Waals surface area contributed by atoms with Gasteiger partial charge in [0.1, 0.15) is 0 Å². The van der Waals surface area contributed by atoms with Crippen LogP contribution in [0.5, 0.6) is 0 Å². The zero-order valence-corrected chi connectivity index (χ0v) is 19.0. The van der Waals surface area contributed by atoms with E-state index in [1.165, 1.54) is 30.5 Å². The minimum Gasteiger partial charge on any atom is -0.478 e. The van der Waals surface area contributed by atoms with Gasteiger partial charge in [0.2, 0.25) is 10.0 Å². The number of anilines is 1. The molecule has 12 heteroatoms. The summed E-state index contributed by atoms with van der Waals surface area (Å²) in [5.41, 5.74) is 0.457. The van der Waals surface area contributed by atoms with Crippen molar-refractivity contribution in [3.63, 3.8) is 0 Å². The van der Waals surface area contributed by atoms with Gasteiger partial charge in [-0.25, -0.2) is 17.9 Å². The van der Waals surface area contributed by atoms with Gasteiger partial charge in [0.25, 0.3) is 5.91 Å². The lowest BCUT2D eigenvalue weighted by atomic mass is 10.0. The van der Waals surface area contributed by atoms with Crippen LogP contribution in [0, 0.1) is 11.3 Å². The van der Waals surface area contributed by atoms with Gasteiger partial charge in [0.15, 0.2) is 11.3 Å². The summed E-state index contributed by atoms with van der Waals surface area (Å²) in [7, 11) is -3.97. The number of carboxylic acids is 1. The second-order valence-corrected chi connectivity index (χ2v) is 8.99. The van der Waals surface area contributed by atoms with Crippen molar-refractivity contribution in [2.75, 3.05) is 11.9 Å². The molecule has 176 valence electrons. The van der Waals surface area contributed by atoms with E-state index in [4.69, 9.17) is 9.78 Å². The number of hydrogen-bond donors (Lipinski definition) is 3. The predicted octanol–water partition coefficient (Wildman–Crippen LogP) is 3.01. The lowest BCUT2D eigenvalue weighted by Crippen LogP contribution is -2.24. The molecule has 2 aromatic heterocycles. The molecule has 2 aromatic carbocycles. The number of nitrogens with zero attached hydrogens (tertiary/aromatic N) is 3. The number of carboxylic acid groups (broad SMARTS) is 1. The molecule has 0 spiro atoms. The van der Waals surface area contributed by atoms with Crippen molar-refractivity contribution in [1.29, 1.82) is 5.26 Å². The van der Waals surface area contributed by atoms with Crippen molar-refractivity contribution in [3.8, 4) is 17.2 Å². The Labute approximate surface area is 199 Å². The van der Waals surface area contributed by atoms with E-state index in [0.717, 1.165) is 6.07 Å². The third-order valence-corrected chi connectivity index (χ3v) is 6.60. The third-order valence-electron chi connectivity index (χ3n) is 5.01. The topological polar surface area (TPSA) is 175 Å². The van der Waals surface area contributed by atoms with E-state index >= 15 is 0 Å². The minimum absolute atomic E-state index is 0.0647. The van der Waals surface area contributed by atoms with Crippen molar-refractivity contribution in [1.82, 2.24) is 14.9 Å². The van der Waals surface area contributed by atoms with Crippen LogP contribution in [0.1, 0.15) is 33.3 Å². The van der Waals surface area contributed by atoms with Crippen molar-refractivity contribution < 1.29 is 27.6 Å². The molecule has 0 aliphatic carbocycles. The van der Waals surface area contributed by atoms with Crippen LogP contribution in [0.3, 0.4) is 0 Å². The fourth-order valence-electron chi connectivity index (χ4n) is 3.45. The summed E-state index contributed by atoms with van der Waals surface area (Å²) in [5.74, 6) is -2.17. The number of aromatic carboxylic acids is 1. The van der Waals surface area contributed by atoms with E-state index in [0.29, 0.717) is 11.1 Å². The van der Waals surface area contributed by atoms with Crippen LogP contribution in [-0.4, -0.2) is 42.1 Å². The molecule has 0 aliphatic heterocycles. The first-order valence-electron chi connectivity index (χ1n) is 10.2. The summed E-state index contributed by atoms with van der Waals surface area (Å²) in [6.45, 7) is 1.77. The van der Waals surface area contributed by atoms with E-state index in [-0.39, 0.29) is 44.9 Å². The molecule has 0 atom stereocenters. The van der Waals surface area contributed by atoms with Gasteiger partial charge >= 0.3 is 5.97 Å². The predicted molar refractivity (Wildman–Crippen MR) is 124 cm³/mol. The highest BCUT2D eigenvalue weighted by Crippen LogP contribution is 2.33. The van der Waals surface area contributed by atoms with Crippen LogP contribution >= 0.6 is 0 Å². The van der Waals surface area contributed by atoms with E-state index in [2.05, 4.69) is 20.2 Å². The number of carbonyl (C=O) groups excluding carboxylic acids is 1. The van der Waals surface area contributed by atoms with Crippen LogP contribution in [0.25, 0.3) is 22.1 Å². The van der Waals surface area contributed by atoms with Crippen molar-refractivity contribution >= 4 is 38.6 Å². The highest BCUT2D eigenvalue weighted by molar-refractivity contribution is 7.89. The zero-order chi connectivity index (χ0) is 25.2. The molecule has 11 nitrogen and oxygen atoms in total. The molecule has 0 fully saturated rings. The summed E-state index contributed by atoms with van der Waals surface area (Å²) >= 11 is 0. The van der Waals surface area contributed by atoms with Gasteiger partial charge in [-0.05, 0) is 36.4 Å². The SMILES string of the molecule is CCNS(=O)(=O)c1cc2c(C(=O)Nc3ccc(C#N)cc3C(=O)O)noc2cc1-c1cccnc1. The van der Waals surface area contributed by atoms with Gasteiger partial charge in [-0.15, -0.1) is 0 Å². The van der Waals surface area contributed by atoms with E-state index in [1.54, 1.807) is 25.3 Å². The van der Waals surface area contributed by atoms with Crippen LogP contribution < -0.4 is 10.0 Å². The number of benzene rings is 2. The number of sulfonamides is 1. The van der Waals surface area contributed by atoms with Gasteiger partial charge in [-0.1, -0.05) is 18.1 Å². The Kier molecular flexibility index (Phi) is 6.28. The lowest BCUT2D eigenvalue weighted by molar-refractivity contribution is 0.0698. The van der Waals surface area contributed by atoms with Crippen LogP contribution in [0.15, 0.2) is 64.3 Å². The van der Waals surface area contributed by atoms with E-state index in [9.17, 15) is 23.1 Å². The fraction of sp³-hybridized carbons (Fsp3) is 0.0870. The Morgan fingerprint density at radius 1 is 1.20 bits per heavy atom. The molecular formula is C23H17N5O6S. The summed E-state index contributed by atoms with van der Waals surface area (Å²) in [4.78, 5) is 28.5. The van der Waals surface area contributed by atoms with Gasteiger partial charge in [0, 0.05) is 30.1 Å². The maximum Gasteiger partial charge on any atom is 0.337 e. The maximum atomic E-state index is 13.0. The molecule has 0 radical (unpaired) electrons. The summed E-state index contributed by atoms with van der Waals surface area (Å²) in [5, 5.41) is 24.8. The molecule has 0 saturated heterocycles. The first kappa shape index (κ1) is 23.6. The van der Waals surface area contributed by atoms with Gasteiger partial charge in [-0.2, -0.15) is 5.26 Å². The van der Waals surface area contributed by atoms with Gasteiger partial charge in [-0.3, -0.25) is 9.78 Å². The number of nitrogens with one attached hydrogen (secondary N) is 2. The Balaban J connectivity index is 1.83. The molecule has 2 heterocycles. The Morgan fingerprint density at radius 3 is 2.66 bits per heavy atom. The molecule has 0 unspecified atom stereocenters. The lowest BCUT2D eigenvalue weighted by Gasteiger charge is -2.11. The zero-order valence-electron chi connectivity index (χ0n) is 18.1. The van der Waals surface area contributed by atoms with Crippen LogP contribution in [0.4, 0.5) is 5.69 Å². The number of fused-ring (bicyclic) bond motifs is 1. The molecular weight excluding hydrogens is 474 g/mol. The summed E-state index contributed by atoms with van der Waals surface area (Å²) in [6.07, 6.45) is 3.04. The van der Waals surface area contributed by atoms with Gasteiger partial charge in [0.05, 0.1) is 33.2 Å². The quantitative estimate of drug-likeness (QED) is 0.351. The van der Waals surface area contributed by atoms with Crippen LogP contribution in [0.2, 0.25) is 0 Å². The van der Waals surface area contributed by atoms with Crippen molar-refractivity contribution in [2.45, 2.75) is 11.8 Å². The Hall–Kier alpha value is -4.60. The third kappa shape index (κ3) is 4.58. The highest BCUT2D eigenvalue weighted by Gasteiger charge is 2.25. The second-order valence-electron chi connectivity index (χ2n) is 7.25. The molecule has 4 rings (SSSR count). The monoisotopic (exact) mass is 491 g/mol. The average Bonchev–Trinajstić information content (AvgIpc) is 3.27. The Morgan fingerprint density at radius 2 is 2.00 bits per heavy atom. The van der Waals surface area contributed by atoms with Gasteiger partial charge < -0.3 is 14.9 Å². The second kappa shape index (κ2) is 9.34. The molecule has 0 aliphatic rings. The maximum absolute atomic E-state index is 13.0. The van der Waals surface area contributed by atoms with Crippen LogP contribution in [-0.2, 0) is 10.0 Å². The van der Waals surface area contributed by atoms with Crippen molar-refractivity contribution in [2.24, 2.45) is 0 Å². The number of aromatic nitrogens is 2. The number of nitriles is 1. The molecule has 3 N–H and O–H groups in total. The minimum atomic E-state index is -3.97. The largest absolute Gasteiger partial charge is 0.478 e. The molecule has 0 saturated carbocycles. The molecule has 4 aromatic rings. The summed E-state index contributed by atoms with van der Waals surface area (Å²) < 4.78 is 33.7. The smallest absolute Gasteiger partial charge is 0.337 e. The average molecular weight is 491 g/mol. The van der Waals surface area contributed by atoms with Crippen molar-refractivity contribution in [3.05, 3.63) is 71.7 Å². The normalized spacial score (nSPS) is 11.2. The highest BCUT2D eigenvalue weighted by atomic mass is 32.2. The van der Waals surface area contributed by atoms with E-state index < -0.39 is 21.9 Å².